The molecule has 0 unspecified atom stereocenters. The SMILES string of the molecule is CC1(C)c2ccccc2-c2cc(N(c3ccc4c(c3)C(C)(C)c3ccccc3-4)c3ccc4c5ccccc5c5ccccc5c4c3-c3ccccc3-c3ccccc3)ccc21. The Balaban J connectivity index is 1.23. The van der Waals surface area contributed by atoms with Crippen LogP contribution in [0.15, 0.2) is 200 Å². The molecule has 2 aliphatic rings. The van der Waals surface area contributed by atoms with Gasteiger partial charge in [0.2, 0.25) is 0 Å². The van der Waals surface area contributed by atoms with Crippen molar-refractivity contribution in [2.75, 3.05) is 4.90 Å². The second-order valence-electron chi connectivity index (χ2n) is 18.0. The summed E-state index contributed by atoms with van der Waals surface area (Å²) in [7, 11) is 0. The van der Waals surface area contributed by atoms with E-state index in [-0.39, 0.29) is 10.8 Å². The third-order valence-corrected chi connectivity index (χ3v) is 14.1. The van der Waals surface area contributed by atoms with Crippen LogP contribution in [-0.4, -0.2) is 0 Å². The quantitative estimate of drug-likeness (QED) is 0.157. The molecule has 1 nitrogen and oxygen atoms in total. The lowest BCUT2D eigenvalue weighted by molar-refractivity contribution is 0.660. The second kappa shape index (κ2) is 13.1. The highest BCUT2D eigenvalue weighted by Gasteiger charge is 2.38. The summed E-state index contributed by atoms with van der Waals surface area (Å²) in [5.41, 5.74) is 18.8. The van der Waals surface area contributed by atoms with E-state index in [9.17, 15) is 0 Å². The molecule has 0 aliphatic heterocycles. The summed E-state index contributed by atoms with van der Waals surface area (Å²) in [6.45, 7) is 9.50. The molecule has 0 bridgehead atoms. The Hall–Kier alpha value is -7.22. The Morgan fingerprint density at radius 2 is 0.770 bits per heavy atom. The van der Waals surface area contributed by atoms with Crippen molar-refractivity contribution in [2.24, 2.45) is 0 Å². The van der Waals surface area contributed by atoms with Gasteiger partial charge in [-0.2, -0.15) is 0 Å². The van der Waals surface area contributed by atoms with Gasteiger partial charge in [0, 0.05) is 33.2 Å². The summed E-state index contributed by atoms with van der Waals surface area (Å²) in [5, 5.41) is 7.58. The number of nitrogens with zero attached hydrogens (tertiary/aromatic N) is 1. The van der Waals surface area contributed by atoms with E-state index in [1.807, 2.05) is 0 Å². The minimum Gasteiger partial charge on any atom is -0.310 e. The van der Waals surface area contributed by atoms with E-state index in [4.69, 9.17) is 0 Å². The van der Waals surface area contributed by atoms with Gasteiger partial charge in [0.25, 0.3) is 0 Å². The van der Waals surface area contributed by atoms with E-state index in [1.54, 1.807) is 0 Å². The highest BCUT2D eigenvalue weighted by atomic mass is 15.1. The highest BCUT2D eigenvalue weighted by Crippen LogP contribution is 2.55. The summed E-state index contributed by atoms with van der Waals surface area (Å²) in [6.07, 6.45) is 0. The number of anilines is 3. The molecule has 2 aliphatic carbocycles. The lowest BCUT2D eigenvalue weighted by atomic mass is 9.82. The number of benzene rings is 10. The van der Waals surface area contributed by atoms with Crippen molar-refractivity contribution in [3.8, 4) is 44.5 Å². The number of hydrogen-bond acceptors (Lipinski definition) is 1. The average Bonchev–Trinajstić information content (AvgIpc) is 3.68. The molecule has 0 aromatic heterocycles. The molecule has 10 aromatic rings. The molecule has 0 saturated carbocycles. The molecule has 0 N–H and O–H groups in total. The molecule has 0 heterocycles. The molecular weight excluding hydrogens is 735 g/mol. The largest absolute Gasteiger partial charge is 0.310 e. The monoisotopic (exact) mass is 779 g/mol. The maximum absolute atomic E-state index is 2.56. The summed E-state index contributed by atoms with van der Waals surface area (Å²) in [5.74, 6) is 0. The van der Waals surface area contributed by atoms with Crippen LogP contribution in [0.25, 0.3) is 76.8 Å². The van der Waals surface area contributed by atoms with E-state index >= 15 is 0 Å². The fourth-order valence-electron chi connectivity index (χ4n) is 11.1. The fourth-order valence-corrected chi connectivity index (χ4v) is 11.1. The third kappa shape index (κ3) is 5.14. The van der Waals surface area contributed by atoms with Gasteiger partial charge in [0.1, 0.15) is 0 Å². The molecule has 290 valence electrons. The zero-order valence-electron chi connectivity index (χ0n) is 35.0. The van der Waals surface area contributed by atoms with Crippen LogP contribution in [0, 0.1) is 0 Å². The summed E-state index contributed by atoms with van der Waals surface area (Å²) in [4.78, 5) is 2.56. The molecule has 0 radical (unpaired) electrons. The Morgan fingerprint density at radius 3 is 1.46 bits per heavy atom. The highest BCUT2D eigenvalue weighted by molar-refractivity contribution is 6.30. The molecule has 1 heteroatoms. The maximum Gasteiger partial charge on any atom is 0.0546 e. The van der Waals surface area contributed by atoms with Gasteiger partial charge in [0.15, 0.2) is 0 Å². The molecule has 0 fully saturated rings. The second-order valence-corrected chi connectivity index (χ2v) is 18.0. The minimum absolute atomic E-state index is 0.0959. The first-order valence-corrected chi connectivity index (χ1v) is 21.6. The third-order valence-electron chi connectivity index (χ3n) is 14.1. The predicted octanol–water partition coefficient (Wildman–Crippen LogP) is 16.6. The van der Waals surface area contributed by atoms with Crippen LogP contribution in [-0.2, 0) is 10.8 Å². The first kappa shape index (κ1) is 35.7. The Morgan fingerprint density at radius 1 is 0.311 bits per heavy atom. The summed E-state index contributed by atoms with van der Waals surface area (Å²) >= 11 is 0. The summed E-state index contributed by atoms with van der Waals surface area (Å²) < 4.78 is 0. The number of rotatable bonds is 5. The number of hydrogen-bond donors (Lipinski definition) is 0. The van der Waals surface area contributed by atoms with Crippen molar-refractivity contribution >= 4 is 49.4 Å². The van der Waals surface area contributed by atoms with E-state index in [2.05, 4.69) is 233 Å². The normalized spacial score (nSPS) is 14.2. The van der Waals surface area contributed by atoms with Crippen LogP contribution in [0.4, 0.5) is 17.1 Å². The van der Waals surface area contributed by atoms with E-state index in [1.165, 1.54) is 99.1 Å². The molecule has 0 spiro atoms. The van der Waals surface area contributed by atoms with E-state index in [0.717, 1.165) is 17.1 Å². The Bertz CT molecular complexity index is 3390. The van der Waals surface area contributed by atoms with Gasteiger partial charge in [-0.25, -0.2) is 0 Å². The van der Waals surface area contributed by atoms with Crippen LogP contribution >= 0.6 is 0 Å². The molecule has 61 heavy (non-hydrogen) atoms. The fraction of sp³-hybridized carbons (Fsp3) is 0.100. The van der Waals surface area contributed by atoms with Gasteiger partial charge in [-0.15, -0.1) is 0 Å². The van der Waals surface area contributed by atoms with Gasteiger partial charge < -0.3 is 4.90 Å². The smallest absolute Gasteiger partial charge is 0.0546 e. The zero-order chi connectivity index (χ0) is 41.0. The summed E-state index contributed by atoms with van der Waals surface area (Å²) in [6, 6.07) is 75.1. The zero-order valence-corrected chi connectivity index (χ0v) is 35.0. The molecule has 12 rings (SSSR count). The van der Waals surface area contributed by atoms with Crippen LogP contribution in [0.3, 0.4) is 0 Å². The van der Waals surface area contributed by atoms with Crippen molar-refractivity contribution < 1.29 is 0 Å². The molecule has 10 aromatic carbocycles. The lowest BCUT2D eigenvalue weighted by Crippen LogP contribution is -2.17. The first-order valence-electron chi connectivity index (χ1n) is 21.6. The molecule has 0 atom stereocenters. The number of fused-ring (bicyclic) bond motifs is 12. The first-order chi connectivity index (χ1) is 29.8. The van der Waals surface area contributed by atoms with Gasteiger partial charge >= 0.3 is 0 Å². The maximum atomic E-state index is 2.56. The van der Waals surface area contributed by atoms with Gasteiger partial charge in [-0.05, 0) is 118 Å². The van der Waals surface area contributed by atoms with Crippen molar-refractivity contribution in [1.82, 2.24) is 0 Å². The van der Waals surface area contributed by atoms with Crippen molar-refractivity contribution in [3.05, 3.63) is 222 Å². The standard InChI is InChI=1S/C60H45N/c1-59(2)53-29-17-15-25-46(53)51-36-39(31-34-54(51)59)61(40-30-32-47-45-24-14-16-28-52(45)60(3,4)55(47)37-40)56-35-33-50-44-23-10-9-21-42(44)43-22-11-13-27-49(43)57(50)58(56)48-26-12-8-20-41(48)38-18-6-5-7-19-38/h5-37H,1-4H3. The van der Waals surface area contributed by atoms with Gasteiger partial charge in [-0.3, -0.25) is 0 Å². The minimum atomic E-state index is -0.157. The van der Waals surface area contributed by atoms with E-state index in [0.29, 0.717) is 0 Å². The van der Waals surface area contributed by atoms with Gasteiger partial charge in [0.05, 0.1) is 5.69 Å². The van der Waals surface area contributed by atoms with Crippen molar-refractivity contribution in [1.29, 1.82) is 0 Å². The van der Waals surface area contributed by atoms with Crippen LogP contribution in [0.2, 0.25) is 0 Å². The van der Waals surface area contributed by atoms with Crippen LogP contribution in [0.5, 0.6) is 0 Å². The Labute approximate surface area is 358 Å². The average molecular weight is 780 g/mol. The van der Waals surface area contributed by atoms with Crippen molar-refractivity contribution in [2.45, 2.75) is 38.5 Å². The Kier molecular flexibility index (Phi) is 7.69. The predicted molar refractivity (Wildman–Crippen MR) is 260 cm³/mol. The molecular formula is C60H45N. The van der Waals surface area contributed by atoms with Crippen LogP contribution in [0.1, 0.15) is 49.9 Å². The molecule has 0 amide bonds. The van der Waals surface area contributed by atoms with Gasteiger partial charge in [-0.1, -0.05) is 198 Å². The van der Waals surface area contributed by atoms with Crippen molar-refractivity contribution in [3.63, 3.8) is 0 Å². The van der Waals surface area contributed by atoms with E-state index < -0.39 is 0 Å². The molecule has 0 saturated heterocycles. The topological polar surface area (TPSA) is 3.24 Å². The lowest BCUT2D eigenvalue weighted by Gasteiger charge is -2.32. The van der Waals surface area contributed by atoms with Crippen LogP contribution < -0.4 is 4.90 Å².